The number of carbonyl (C=O) groups excluding carboxylic acids is 4. The molecule has 2 heterocycles. The predicted molar refractivity (Wildman–Crippen MR) is 453 cm³/mol. The second-order valence-electron chi connectivity index (χ2n) is 34.3. The SMILES string of the molecule is CCCCCCCCCCCCCCCCCC(=O)OCC(COP(=O)(O)OC1C(OC2OC(CO)C(O)C(O)C2O)C(O)C(O)C(OC(=O)CCCCCCCCCCCCCCC)C1OC1OC(COC(=O)CCCCCCCCCCCCCCCCC)C(O)C(O)C1O)OC(=O)CCCCCCCCCCCCCCCCC. The zero-order chi connectivity index (χ0) is 85.4. The molecule has 0 bridgehead atoms. The topological polar surface area (TPSA) is 380 Å². The Morgan fingerprint density at radius 1 is 0.308 bits per heavy atom. The van der Waals surface area contributed by atoms with Crippen molar-refractivity contribution < 1.29 is 122 Å². The molecule has 25 nitrogen and oxygen atoms in total. The molecule has 10 N–H and O–H groups in total. The summed E-state index contributed by atoms with van der Waals surface area (Å²) < 4.78 is 73.5. The lowest BCUT2D eigenvalue weighted by Crippen LogP contribution is -2.70. The van der Waals surface area contributed by atoms with Crippen molar-refractivity contribution in [2.75, 3.05) is 26.4 Å². The molecular formula is C91H171O25P. The molecule has 117 heavy (non-hydrogen) atoms. The van der Waals surface area contributed by atoms with Crippen LogP contribution in [0.3, 0.4) is 0 Å². The number of unbranched alkanes of at least 4 members (excludes halogenated alkanes) is 54. The van der Waals surface area contributed by atoms with Crippen LogP contribution in [0.15, 0.2) is 0 Å². The Labute approximate surface area is 706 Å². The van der Waals surface area contributed by atoms with E-state index in [0.29, 0.717) is 32.1 Å². The maximum atomic E-state index is 14.9. The van der Waals surface area contributed by atoms with Crippen LogP contribution in [-0.4, -0.2) is 205 Å². The number of phosphoric acid groups is 1. The van der Waals surface area contributed by atoms with E-state index in [2.05, 4.69) is 27.7 Å². The van der Waals surface area contributed by atoms with Crippen molar-refractivity contribution in [2.24, 2.45) is 0 Å². The monoisotopic (exact) mass is 1700 g/mol. The van der Waals surface area contributed by atoms with Crippen molar-refractivity contribution in [1.29, 1.82) is 0 Å². The van der Waals surface area contributed by atoms with Crippen molar-refractivity contribution in [3.8, 4) is 0 Å². The van der Waals surface area contributed by atoms with Crippen LogP contribution in [0.5, 0.6) is 0 Å². The number of aliphatic hydroxyl groups excluding tert-OH is 9. The van der Waals surface area contributed by atoms with Gasteiger partial charge in [-0.15, -0.1) is 0 Å². The van der Waals surface area contributed by atoms with Gasteiger partial charge in [0.2, 0.25) is 0 Å². The molecule has 0 radical (unpaired) electrons. The Morgan fingerprint density at radius 3 is 0.932 bits per heavy atom. The van der Waals surface area contributed by atoms with E-state index in [1.807, 2.05) is 0 Å². The summed E-state index contributed by atoms with van der Waals surface area (Å²) in [5.74, 6) is -2.94. The number of hydrogen-bond acceptors (Lipinski definition) is 24. The van der Waals surface area contributed by atoms with Gasteiger partial charge in [0, 0.05) is 25.7 Å². The molecule has 2 aliphatic heterocycles. The van der Waals surface area contributed by atoms with Crippen LogP contribution >= 0.6 is 7.82 Å². The fourth-order valence-corrected chi connectivity index (χ4v) is 17.0. The third-order valence-corrected chi connectivity index (χ3v) is 24.6. The number of aliphatic hydroxyl groups is 9. The lowest BCUT2D eigenvalue weighted by molar-refractivity contribution is -0.360. The zero-order valence-electron chi connectivity index (χ0n) is 73.5. The van der Waals surface area contributed by atoms with Crippen molar-refractivity contribution in [3.05, 3.63) is 0 Å². The number of phosphoric ester groups is 1. The molecular weight excluding hydrogens is 1520 g/mol. The van der Waals surface area contributed by atoms with Gasteiger partial charge in [0.05, 0.1) is 13.2 Å². The van der Waals surface area contributed by atoms with Gasteiger partial charge in [0.25, 0.3) is 0 Å². The second kappa shape index (κ2) is 70.7. The Morgan fingerprint density at radius 2 is 0.590 bits per heavy atom. The average Bonchev–Trinajstić information content (AvgIpc) is 0.755. The Kier molecular flexibility index (Phi) is 65.7. The highest BCUT2D eigenvalue weighted by Gasteiger charge is 2.60. The number of ether oxygens (including phenoxy) is 8. The molecule has 18 unspecified atom stereocenters. The summed E-state index contributed by atoms with van der Waals surface area (Å²) in [5.41, 5.74) is 0. The van der Waals surface area contributed by atoms with E-state index in [4.69, 9.17) is 46.9 Å². The maximum absolute atomic E-state index is 14.9. The standard InChI is InChI=1S/C91H171O25P/c1-5-9-13-17-21-25-29-33-36-40-43-47-51-55-59-63-74(93)107-68-71(110-76(95)65-61-57-53-49-46-42-38-35-31-27-23-19-15-11-7-3)69-109-117(105,106)116-89-87(114-90-84(103)80(99)78(97)72(67-92)111-90)83(102)82(101)86(113-77(96)66-62-58-54-50-45-39-32-28-24-20-16-12-8-4)88(89)115-91-85(104)81(100)79(98)73(112-91)70-108-75(94)64-60-56-52-48-44-41-37-34-30-26-22-18-14-10-6-2/h71-73,78-92,97-104H,5-70H2,1-4H3,(H,105,106). The molecule has 18 atom stereocenters. The molecule has 0 aromatic rings. The van der Waals surface area contributed by atoms with Gasteiger partial charge >= 0.3 is 31.7 Å². The van der Waals surface area contributed by atoms with Gasteiger partial charge in [-0.25, -0.2) is 4.57 Å². The molecule has 0 amide bonds. The Balaban J connectivity index is 1.90. The van der Waals surface area contributed by atoms with E-state index in [0.717, 1.165) is 128 Å². The summed E-state index contributed by atoms with van der Waals surface area (Å²) >= 11 is 0. The summed E-state index contributed by atoms with van der Waals surface area (Å²) in [5, 5.41) is 102. The summed E-state index contributed by atoms with van der Waals surface area (Å²) in [4.78, 5) is 66.5. The normalized spacial score (nSPS) is 25.0. The molecule has 3 aliphatic rings. The van der Waals surface area contributed by atoms with Crippen LogP contribution in [0.2, 0.25) is 0 Å². The number of hydrogen-bond donors (Lipinski definition) is 10. The minimum Gasteiger partial charge on any atom is -0.463 e. The van der Waals surface area contributed by atoms with E-state index in [1.165, 1.54) is 212 Å². The highest BCUT2D eigenvalue weighted by molar-refractivity contribution is 7.47. The number of carbonyl (C=O) groups is 4. The minimum absolute atomic E-state index is 0.0203. The predicted octanol–water partition coefficient (Wildman–Crippen LogP) is 17.8. The summed E-state index contributed by atoms with van der Waals surface area (Å²) in [7, 11) is -5.80. The summed E-state index contributed by atoms with van der Waals surface area (Å²) in [6, 6.07) is 0. The summed E-state index contributed by atoms with van der Waals surface area (Å²) in [6.45, 7) is 5.64. The van der Waals surface area contributed by atoms with Gasteiger partial charge < -0.3 is 88.7 Å². The van der Waals surface area contributed by atoms with Crippen molar-refractivity contribution in [3.63, 3.8) is 0 Å². The van der Waals surface area contributed by atoms with E-state index in [9.17, 15) is 74.6 Å². The van der Waals surface area contributed by atoms with Gasteiger partial charge in [0.15, 0.2) is 24.8 Å². The second-order valence-corrected chi connectivity index (χ2v) is 35.7. The van der Waals surface area contributed by atoms with Crippen molar-refractivity contribution in [1.82, 2.24) is 0 Å². The molecule has 3 rings (SSSR count). The molecule has 3 fully saturated rings. The van der Waals surface area contributed by atoms with Crippen LogP contribution in [0.4, 0.5) is 0 Å². The lowest BCUT2D eigenvalue weighted by Gasteiger charge is -2.50. The third kappa shape index (κ3) is 50.9. The largest absolute Gasteiger partial charge is 0.472 e. The first-order valence-electron chi connectivity index (χ1n) is 47.8. The third-order valence-electron chi connectivity index (χ3n) is 23.6. The van der Waals surface area contributed by atoms with Crippen LogP contribution < -0.4 is 0 Å². The first kappa shape index (κ1) is 109. The van der Waals surface area contributed by atoms with Gasteiger partial charge in [-0.2, -0.15) is 0 Å². The molecule has 690 valence electrons. The van der Waals surface area contributed by atoms with Crippen molar-refractivity contribution in [2.45, 2.75) is 530 Å². The highest BCUT2D eigenvalue weighted by Crippen LogP contribution is 2.49. The fourth-order valence-electron chi connectivity index (χ4n) is 16.0. The van der Waals surface area contributed by atoms with Gasteiger partial charge in [-0.3, -0.25) is 28.2 Å². The Bertz CT molecular complexity index is 2430. The maximum Gasteiger partial charge on any atom is 0.472 e. The summed E-state index contributed by atoms with van der Waals surface area (Å²) in [6.07, 6.45) is 28.0. The van der Waals surface area contributed by atoms with E-state index in [-0.39, 0.29) is 25.7 Å². The fraction of sp³-hybridized carbons (Fsp3) is 0.956. The smallest absolute Gasteiger partial charge is 0.463 e. The Hall–Kier alpha value is -2.53. The van der Waals surface area contributed by atoms with E-state index in [1.54, 1.807) is 0 Å². The van der Waals surface area contributed by atoms with Gasteiger partial charge in [0.1, 0.15) is 92.6 Å². The first-order chi connectivity index (χ1) is 56.7. The van der Waals surface area contributed by atoms with Crippen LogP contribution in [0.25, 0.3) is 0 Å². The zero-order valence-corrected chi connectivity index (χ0v) is 74.4. The molecule has 2 saturated heterocycles. The molecule has 0 aromatic heterocycles. The van der Waals surface area contributed by atoms with Crippen molar-refractivity contribution >= 4 is 31.7 Å². The van der Waals surface area contributed by atoms with Gasteiger partial charge in [-0.1, -0.05) is 374 Å². The molecule has 1 aliphatic carbocycles. The quantitative estimate of drug-likeness (QED) is 0.0117. The van der Waals surface area contributed by atoms with Crippen LogP contribution in [-0.2, 0) is 70.7 Å². The average molecular weight is 1700 g/mol. The van der Waals surface area contributed by atoms with Gasteiger partial charge in [-0.05, 0) is 25.7 Å². The molecule has 1 saturated carbocycles. The lowest BCUT2D eigenvalue weighted by atomic mass is 9.84. The minimum atomic E-state index is -5.80. The van der Waals surface area contributed by atoms with Crippen LogP contribution in [0.1, 0.15) is 426 Å². The first-order valence-corrected chi connectivity index (χ1v) is 49.3. The van der Waals surface area contributed by atoms with E-state index >= 15 is 0 Å². The van der Waals surface area contributed by atoms with Crippen LogP contribution in [0, 0.1) is 0 Å². The molecule has 26 heteroatoms. The number of esters is 4. The molecule has 0 aromatic carbocycles. The number of rotatable bonds is 78. The molecule has 0 spiro atoms. The van der Waals surface area contributed by atoms with E-state index < -0.39 is 162 Å². The highest BCUT2D eigenvalue weighted by atomic mass is 31.2.